The summed E-state index contributed by atoms with van der Waals surface area (Å²) in [6, 6.07) is 1.80. The molecule has 0 bridgehead atoms. The molecule has 0 aliphatic carbocycles. The molecule has 1 radical (unpaired) electrons. The minimum absolute atomic E-state index is 0.283. The molecule has 1 aromatic rings. The fourth-order valence-electron chi connectivity index (χ4n) is 1.02. The first-order chi connectivity index (χ1) is 5.75. The average Bonchev–Trinajstić information content (AvgIpc) is 2.08. The molecule has 1 heterocycles. The minimum atomic E-state index is -0.315. The molecule has 3 heteroatoms. The molecule has 0 saturated carbocycles. The quantitative estimate of drug-likeness (QED) is 0.710. The number of aromatic nitrogens is 1. The number of nitrogens with zero attached hydrogens (tertiary/aromatic N) is 1. The number of hydrogen-bond acceptors (Lipinski definition) is 1. The van der Waals surface area contributed by atoms with Crippen LogP contribution in [-0.2, 0) is 11.5 Å². The van der Waals surface area contributed by atoms with Crippen LogP contribution in [0.4, 0.5) is 0 Å². The Bertz CT molecular complexity index is 263. The third-order valence-electron chi connectivity index (χ3n) is 1.74. The predicted octanol–water partition coefficient (Wildman–Crippen LogP) is 3.22. The SMILES string of the molecule is CCCCc1ccnc([O])c1Cl. The van der Waals surface area contributed by atoms with Crippen molar-refractivity contribution in [1.29, 1.82) is 0 Å². The molecule has 2 nitrogen and oxygen atoms in total. The normalized spacial score (nSPS) is 10.2. The van der Waals surface area contributed by atoms with E-state index in [-0.39, 0.29) is 10.9 Å². The van der Waals surface area contributed by atoms with E-state index >= 15 is 0 Å². The van der Waals surface area contributed by atoms with Crippen LogP contribution in [0.5, 0.6) is 5.88 Å². The summed E-state index contributed by atoms with van der Waals surface area (Å²) >= 11 is 5.75. The van der Waals surface area contributed by atoms with Gasteiger partial charge in [-0.1, -0.05) is 24.9 Å². The summed E-state index contributed by atoms with van der Waals surface area (Å²) in [6.45, 7) is 2.10. The van der Waals surface area contributed by atoms with Crippen LogP contribution in [0, 0.1) is 0 Å². The molecule has 0 unspecified atom stereocenters. The highest BCUT2D eigenvalue weighted by atomic mass is 35.5. The number of unbranched alkanes of at least 4 members (excludes halogenated alkanes) is 1. The molecule has 0 N–H and O–H groups in total. The van der Waals surface area contributed by atoms with E-state index in [0.717, 1.165) is 24.8 Å². The summed E-state index contributed by atoms with van der Waals surface area (Å²) in [5.74, 6) is -0.315. The van der Waals surface area contributed by atoms with Crippen LogP contribution in [0.25, 0.3) is 0 Å². The van der Waals surface area contributed by atoms with Crippen molar-refractivity contribution in [2.24, 2.45) is 0 Å². The minimum Gasteiger partial charge on any atom is -0.266 e. The van der Waals surface area contributed by atoms with E-state index in [0.29, 0.717) is 0 Å². The highest BCUT2D eigenvalue weighted by Gasteiger charge is 2.06. The second kappa shape index (κ2) is 4.31. The van der Waals surface area contributed by atoms with Gasteiger partial charge in [-0.05, 0) is 24.5 Å². The van der Waals surface area contributed by atoms with Crippen molar-refractivity contribution in [3.63, 3.8) is 0 Å². The summed E-state index contributed by atoms with van der Waals surface area (Å²) in [7, 11) is 0. The lowest BCUT2D eigenvalue weighted by Crippen LogP contribution is -1.87. The van der Waals surface area contributed by atoms with E-state index < -0.39 is 0 Å². The number of pyridine rings is 1. The van der Waals surface area contributed by atoms with Crippen LogP contribution in [0.2, 0.25) is 5.02 Å². The zero-order chi connectivity index (χ0) is 8.97. The smallest absolute Gasteiger partial charge is 0.266 e. The van der Waals surface area contributed by atoms with Gasteiger partial charge in [-0.3, -0.25) is 5.11 Å². The van der Waals surface area contributed by atoms with Gasteiger partial charge >= 0.3 is 0 Å². The maximum Gasteiger partial charge on any atom is 0.288 e. The van der Waals surface area contributed by atoms with Crippen LogP contribution in [0.15, 0.2) is 12.3 Å². The fraction of sp³-hybridized carbons (Fsp3) is 0.444. The van der Waals surface area contributed by atoms with Crippen LogP contribution in [0.3, 0.4) is 0 Å². The molecule has 0 spiro atoms. The van der Waals surface area contributed by atoms with Gasteiger partial charge in [0, 0.05) is 6.20 Å². The molecular weight excluding hydrogens is 174 g/mol. The zero-order valence-corrected chi connectivity index (χ0v) is 7.77. The Morgan fingerprint density at radius 2 is 2.33 bits per heavy atom. The largest absolute Gasteiger partial charge is 0.288 e. The van der Waals surface area contributed by atoms with Crippen molar-refractivity contribution < 1.29 is 5.11 Å². The second-order valence-electron chi connectivity index (χ2n) is 2.69. The predicted molar refractivity (Wildman–Crippen MR) is 48.0 cm³/mol. The summed E-state index contributed by atoms with van der Waals surface area (Å²) in [5.41, 5.74) is 0.915. The lowest BCUT2D eigenvalue weighted by molar-refractivity contribution is 0.337. The lowest BCUT2D eigenvalue weighted by atomic mass is 10.1. The third-order valence-corrected chi connectivity index (χ3v) is 2.14. The van der Waals surface area contributed by atoms with E-state index in [1.54, 1.807) is 6.07 Å². The van der Waals surface area contributed by atoms with Gasteiger partial charge in [-0.2, -0.15) is 0 Å². The van der Waals surface area contributed by atoms with Crippen molar-refractivity contribution in [1.82, 2.24) is 4.98 Å². The van der Waals surface area contributed by atoms with Crippen molar-refractivity contribution in [3.05, 3.63) is 22.8 Å². The van der Waals surface area contributed by atoms with Crippen molar-refractivity contribution in [2.45, 2.75) is 26.2 Å². The second-order valence-corrected chi connectivity index (χ2v) is 3.07. The van der Waals surface area contributed by atoms with Crippen LogP contribution in [0.1, 0.15) is 25.3 Å². The topological polar surface area (TPSA) is 32.8 Å². The molecule has 1 aromatic heterocycles. The molecule has 0 saturated heterocycles. The molecule has 0 aliphatic rings. The summed E-state index contributed by atoms with van der Waals surface area (Å²) in [4.78, 5) is 3.56. The molecule has 0 amide bonds. The molecule has 12 heavy (non-hydrogen) atoms. The zero-order valence-electron chi connectivity index (χ0n) is 7.01. The van der Waals surface area contributed by atoms with Crippen molar-refractivity contribution in [3.8, 4) is 5.88 Å². The van der Waals surface area contributed by atoms with Gasteiger partial charge in [0.05, 0.1) is 0 Å². The Kier molecular flexibility index (Phi) is 3.35. The first-order valence-electron chi connectivity index (χ1n) is 4.06. The number of aryl methyl sites for hydroxylation is 1. The summed E-state index contributed by atoms with van der Waals surface area (Å²) in [6.07, 6.45) is 4.54. The van der Waals surface area contributed by atoms with E-state index in [9.17, 15) is 5.11 Å². The van der Waals surface area contributed by atoms with Crippen molar-refractivity contribution >= 4 is 11.6 Å². The van der Waals surface area contributed by atoms with Gasteiger partial charge in [0.1, 0.15) is 5.02 Å². The van der Waals surface area contributed by atoms with Crippen LogP contribution >= 0.6 is 11.6 Å². The van der Waals surface area contributed by atoms with Gasteiger partial charge < -0.3 is 0 Å². The molecule has 0 aliphatic heterocycles. The first-order valence-corrected chi connectivity index (χ1v) is 4.44. The van der Waals surface area contributed by atoms with E-state index in [1.165, 1.54) is 6.20 Å². The standard InChI is InChI=1S/C9H11ClNO/c1-2-3-4-7-5-6-11-9(12)8(7)10/h5-6H,2-4H2,1H3. The molecule has 0 fully saturated rings. The van der Waals surface area contributed by atoms with Gasteiger partial charge in [0.25, 0.3) is 5.88 Å². The van der Waals surface area contributed by atoms with E-state index in [2.05, 4.69) is 11.9 Å². The maximum absolute atomic E-state index is 11.0. The summed E-state index contributed by atoms with van der Waals surface area (Å²) in [5, 5.41) is 11.2. The molecular formula is C9H11ClNO. The maximum atomic E-state index is 11.0. The fourth-order valence-corrected chi connectivity index (χ4v) is 1.23. The highest BCUT2D eigenvalue weighted by molar-refractivity contribution is 6.32. The molecule has 1 rings (SSSR count). The van der Waals surface area contributed by atoms with Gasteiger partial charge in [0.15, 0.2) is 0 Å². The number of hydrogen-bond donors (Lipinski definition) is 0. The van der Waals surface area contributed by atoms with E-state index in [1.807, 2.05) is 0 Å². The van der Waals surface area contributed by atoms with Crippen molar-refractivity contribution in [2.75, 3.05) is 0 Å². The lowest BCUT2D eigenvalue weighted by Gasteiger charge is -2.01. The molecule has 0 aromatic carbocycles. The number of rotatable bonds is 3. The Balaban J connectivity index is 2.78. The van der Waals surface area contributed by atoms with Gasteiger partial charge in [-0.15, -0.1) is 0 Å². The highest BCUT2D eigenvalue weighted by Crippen LogP contribution is 2.25. The van der Waals surface area contributed by atoms with Crippen LogP contribution in [-0.4, -0.2) is 4.98 Å². The van der Waals surface area contributed by atoms with E-state index in [4.69, 9.17) is 11.6 Å². The Morgan fingerprint density at radius 1 is 1.58 bits per heavy atom. The first kappa shape index (κ1) is 9.33. The van der Waals surface area contributed by atoms with Gasteiger partial charge in [0.2, 0.25) is 0 Å². The van der Waals surface area contributed by atoms with Crippen LogP contribution < -0.4 is 0 Å². The Labute approximate surface area is 77.2 Å². The molecule has 0 atom stereocenters. The Morgan fingerprint density at radius 3 is 3.00 bits per heavy atom. The monoisotopic (exact) mass is 184 g/mol. The third kappa shape index (κ3) is 2.11. The van der Waals surface area contributed by atoms with Gasteiger partial charge in [-0.25, -0.2) is 4.98 Å². The molecule has 65 valence electrons. The number of halogens is 1. The average molecular weight is 185 g/mol. The Hall–Kier alpha value is -0.760. The summed E-state index contributed by atoms with van der Waals surface area (Å²) < 4.78 is 0.